The lowest BCUT2D eigenvalue weighted by atomic mass is 10.0. The third-order valence-corrected chi connectivity index (χ3v) is 5.32. The van der Waals surface area contributed by atoms with E-state index in [0.717, 1.165) is 22.6 Å². The van der Waals surface area contributed by atoms with E-state index >= 15 is 0 Å². The number of hydrogen-bond donors (Lipinski definition) is 0. The Morgan fingerprint density at radius 1 is 1.11 bits per heavy atom. The molecule has 9 heteroatoms. The quantitative estimate of drug-likeness (QED) is 0.708. The number of aromatic nitrogens is 2. The summed E-state index contributed by atoms with van der Waals surface area (Å²) in [5, 5.41) is 0. The van der Waals surface area contributed by atoms with Crippen molar-refractivity contribution in [2.24, 2.45) is 0 Å². The fourth-order valence-corrected chi connectivity index (χ4v) is 3.76. The number of nitrogens with zero attached hydrogens (tertiary/aromatic N) is 4. The van der Waals surface area contributed by atoms with Crippen molar-refractivity contribution in [3.63, 3.8) is 0 Å². The van der Waals surface area contributed by atoms with Crippen molar-refractivity contribution in [2.45, 2.75) is 17.8 Å². The Kier molecular flexibility index (Phi) is 5.66. The summed E-state index contributed by atoms with van der Waals surface area (Å²) in [5.74, 6) is 0.712. The van der Waals surface area contributed by atoms with E-state index in [0.29, 0.717) is 51.6 Å². The van der Waals surface area contributed by atoms with E-state index in [9.17, 15) is 9.18 Å². The SMILES string of the molecule is O=C(C(Cl)Cl)N1CCc2nc(-c3ccc(F)cc3)nc(N3CCOCC3)c2C1. The summed E-state index contributed by atoms with van der Waals surface area (Å²) in [5.41, 5.74) is 2.54. The second-order valence-corrected chi connectivity index (χ2v) is 7.81. The molecule has 0 spiro atoms. The average molecular weight is 425 g/mol. The molecule has 4 rings (SSSR count). The smallest absolute Gasteiger partial charge is 0.256 e. The molecule has 2 aromatic rings. The van der Waals surface area contributed by atoms with Crippen LogP contribution >= 0.6 is 23.2 Å². The van der Waals surface area contributed by atoms with E-state index in [1.165, 1.54) is 12.1 Å². The van der Waals surface area contributed by atoms with Gasteiger partial charge in [0.1, 0.15) is 11.6 Å². The number of halogens is 3. The van der Waals surface area contributed by atoms with E-state index in [4.69, 9.17) is 37.9 Å². The van der Waals surface area contributed by atoms with Crippen LogP contribution in [0.1, 0.15) is 11.3 Å². The van der Waals surface area contributed by atoms with Gasteiger partial charge in [0.15, 0.2) is 10.7 Å². The summed E-state index contributed by atoms with van der Waals surface area (Å²) >= 11 is 11.6. The molecule has 2 aliphatic heterocycles. The molecule has 6 nitrogen and oxygen atoms in total. The molecule has 2 aliphatic rings. The normalized spacial score (nSPS) is 17.0. The Morgan fingerprint density at radius 2 is 1.82 bits per heavy atom. The monoisotopic (exact) mass is 424 g/mol. The Labute approximate surface area is 172 Å². The lowest BCUT2D eigenvalue weighted by Gasteiger charge is -2.34. The van der Waals surface area contributed by atoms with Gasteiger partial charge in [-0.3, -0.25) is 4.79 Å². The summed E-state index contributed by atoms with van der Waals surface area (Å²) in [6.45, 7) is 3.48. The zero-order valence-corrected chi connectivity index (χ0v) is 16.6. The first-order chi connectivity index (χ1) is 13.5. The molecule has 0 bridgehead atoms. The second kappa shape index (κ2) is 8.19. The molecule has 0 radical (unpaired) electrons. The highest BCUT2D eigenvalue weighted by molar-refractivity contribution is 6.53. The number of ether oxygens (including phenoxy) is 1. The topological polar surface area (TPSA) is 58.6 Å². The molecule has 3 heterocycles. The Bertz CT molecular complexity index is 873. The highest BCUT2D eigenvalue weighted by Gasteiger charge is 2.30. The molecule has 148 valence electrons. The molecule has 1 aromatic carbocycles. The van der Waals surface area contributed by atoms with Crippen LogP contribution in [-0.2, 0) is 22.5 Å². The Balaban J connectivity index is 1.75. The molecule has 0 aliphatic carbocycles. The standard InChI is InChI=1S/C19H19Cl2FN4O2/c20-16(21)19(27)26-6-5-15-14(11-26)18(25-7-9-28-10-8-25)24-17(23-15)12-1-3-13(22)4-2-12/h1-4,16H,5-11H2. The lowest BCUT2D eigenvalue weighted by Crippen LogP contribution is -2.42. The number of carbonyl (C=O) groups is 1. The van der Waals surface area contributed by atoms with Crippen LogP contribution in [0.2, 0.25) is 0 Å². The number of benzene rings is 1. The number of fused-ring (bicyclic) bond motifs is 1. The molecular weight excluding hydrogens is 406 g/mol. The van der Waals surface area contributed by atoms with Crippen molar-refractivity contribution in [1.29, 1.82) is 0 Å². The van der Waals surface area contributed by atoms with Gasteiger partial charge in [0, 0.05) is 37.2 Å². The number of rotatable bonds is 3. The van der Waals surface area contributed by atoms with E-state index in [-0.39, 0.29) is 11.7 Å². The van der Waals surface area contributed by atoms with Gasteiger partial charge in [-0.1, -0.05) is 23.2 Å². The van der Waals surface area contributed by atoms with Gasteiger partial charge in [0.05, 0.1) is 25.5 Å². The summed E-state index contributed by atoms with van der Waals surface area (Å²) < 4.78 is 18.8. The Hall–Kier alpha value is -1.96. The van der Waals surface area contributed by atoms with Crippen molar-refractivity contribution >= 4 is 34.9 Å². The molecule has 0 unspecified atom stereocenters. The van der Waals surface area contributed by atoms with Gasteiger partial charge in [-0.25, -0.2) is 14.4 Å². The van der Waals surface area contributed by atoms with Gasteiger partial charge in [-0.2, -0.15) is 0 Å². The highest BCUT2D eigenvalue weighted by Crippen LogP contribution is 2.31. The molecule has 1 saturated heterocycles. The van der Waals surface area contributed by atoms with Crippen LogP contribution in [0.5, 0.6) is 0 Å². The first kappa shape index (κ1) is 19.4. The van der Waals surface area contributed by atoms with Crippen LogP contribution < -0.4 is 4.90 Å². The average Bonchev–Trinajstić information content (AvgIpc) is 2.73. The maximum Gasteiger partial charge on any atom is 0.256 e. The van der Waals surface area contributed by atoms with Crippen LogP contribution in [0, 0.1) is 5.82 Å². The third-order valence-electron chi connectivity index (χ3n) is 4.95. The minimum Gasteiger partial charge on any atom is -0.378 e. The Morgan fingerprint density at radius 3 is 2.50 bits per heavy atom. The fraction of sp³-hybridized carbons (Fsp3) is 0.421. The fourth-order valence-electron chi connectivity index (χ4n) is 3.49. The zero-order valence-electron chi connectivity index (χ0n) is 15.1. The predicted octanol–water partition coefficient (Wildman–Crippen LogP) is 2.81. The molecular formula is C19H19Cl2FN4O2. The summed E-state index contributed by atoms with van der Waals surface area (Å²) in [4.78, 5) is 24.5. The maximum atomic E-state index is 13.3. The molecule has 1 aromatic heterocycles. The van der Waals surface area contributed by atoms with Crippen LogP contribution in [0.3, 0.4) is 0 Å². The van der Waals surface area contributed by atoms with Crippen LogP contribution in [0.25, 0.3) is 11.4 Å². The molecule has 28 heavy (non-hydrogen) atoms. The summed E-state index contributed by atoms with van der Waals surface area (Å²) in [6, 6.07) is 6.14. The van der Waals surface area contributed by atoms with Gasteiger partial charge in [-0.15, -0.1) is 0 Å². The van der Waals surface area contributed by atoms with E-state index in [2.05, 4.69) is 4.90 Å². The lowest BCUT2D eigenvalue weighted by molar-refractivity contribution is -0.130. The molecule has 1 amide bonds. The van der Waals surface area contributed by atoms with Crippen molar-refractivity contribution in [1.82, 2.24) is 14.9 Å². The van der Waals surface area contributed by atoms with Crippen LogP contribution in [-0.4, -0.2) is 58.5 Å². The van der Waals surface area contributed by atoms with E-state index < -0.39 is 4.84 Å². The minimum absolute atomic E-state index is 0.305. The largest absolute Gasteiger partial charge is 0.378 e. The molecule has 0 N–H and O–H groups in total. The van der Waals surface area contributed by atoms with Gasteiger partial charge in [0.2, 0.25) is 0 Å². The van der Waals surface area contributed by atoms with Crippen LogP contribution in [0.15, 0.2) is 24.3 Å². The van der Waals surface area contributed by atoms with Gasteiger partial charge >= 0.3 is 0 Å². The number of carbonyl (C=O) groups excluding carboxylic acids is 1. The summed E-state index contributed by atoms with van der Waals surface area (Å²) in [7, 11) is 0. The second-order valence-electron chi connectivity index (χ2n) is 6.71. The predicted molar refractivity (Wildman–Crippen MR) is 105 cm³/mol. The summed E-state index contributed by atoms with van der Waals surface area (Å²) in [6.07, 6.45) is 0.579. The first-order valence-electron chi connectivity index (χ1n) is 9.08. The zero-order chi connectivity index (χ0) is 19.7. The number of morpholine rings is 1. The third kappa shape index (κ3) is 3.92. The van der Waals surface area contributed by atoms with Gasteiger partial charge in [0.25, 0.3) is 5.91 Å². The minimum atomic E-state index is -1.09. The maximum absolute atomic E-state index is 13.3. The van der Waals surface area contributed by atoms with Gasteiger partial charge in [-0.05, 0) is 24.3 Å². The number of amides is 1. The first-order valence-corrected chi connectivity index (χ1v) is 9.95. The van der Waals surface area contributed by atoms with Gasteiger partial charge < -0.3 is 14.5 Å². The number of hydrogen-bond acceptors (Lipinski definition) is 5. The van der Waals surface area contributed by atoms with Crippen molar-refractivity contribution in [3.8, 4) is 11.4 Å². The van der Waals surface area contributed by atoms with Crippen molar-refractivity contribution in [3.05, 3.63) is 41.3 Å². The number of alkyl halides is 2. The van der Waals surface area contributed by atoms with Crippen LogP contribution in [0.4, 0.5) is 10.2 Å². The molecule has 1 fully saturated rings. The van der Waals surface area contributed by atoms with E-state index in [1.807, 2.05) is 0 Å². The number of anilines is 1. The molecule has 0 saturated carbocycles. The van der Waals surface area contributed by atoms with Crippen molar-refractivity contribution < 1.29 is 13.9 Å². The van der Waals surface area contributed by atoms with Crippen molar-refractivity contribution in [2.75, 3.05) is 37.7 Å². The highest BCUT2D eigenvalue weighted by atomic mass is 35.5. The molecule has 0 atom stereocenters. The van der Waals surface area contributed by atoms with E-state index in [1.54, 1.807) is 17.0 Å².